The lowest BCUT2D eigenvalue weighted by atomic mass is 9.94. The van der Waals surface area contributed by atoms with Gasteiger partial charge in [0.15, 0.2) is 0 Å². The number of aromatic nitrogens is 1. The van der Waals surface area contributed by atoms with E-state index in [0.29, 0.717) is 36.1 Å². The second-order valence-corrected chi connectivity index (χ2v) is 8.75. The lowest BCUT2D eigenvalue weighted by Crippen LogP contribution is -2.44. The number of aromatic amines is 1. The van der Waals surface area contributed by atoms with Crippen LogP contribution in [0.4, 0.5) is 5.69 Å². The number of H-pyrrole nitrogens is 1. The highest BCUT2D eigenvalue weighted by Crippen LogP contribution is 2.37. The number of anilines is 1. The van der Waals surface area contributed by atoms with Crippen LogP contribution in [0.1, 0.15) is 18.6 Å². The number of halogens is 1. The van der Waals surface area contributed by atoms with Crippen molar-refractivity contribution in [3.8, 4) is 11.1 Å². The summed E-state index contributed by atoms with van der Waals surface area (Å²) in [5, 5.41) is 4.45. The van der Waals surface area contributed by atoms with Crippen molar-refractivity contribution in [1.82, 2.24) is 10.3 Å². The molecule has 5 rings (SSSR count). The van der Waals surface area contributed by atoms with Gasteiger partial charge in [0.25, 0.3) is 5.56 Å². The third-order valence-electron chi connectivity index (χ3n) is 6.14. The Labute approximate surface area is 196 Å². The number of piperidine rings is 1. The highest BCUT2D eigenvalue weighted by molar-refractivity contribution is 6.31. The van der Waals surface area contributed by atoms with Gasteiger partial charge in [0, 0.05) is 34.6 Å². The van der Waals surface area contributed by atoms with Crippen LogP contribution in [-0.4, -0.2) is 24.0 Å². The number of hydrogen-bond acceptors (Lipinski definition) is 4. The standard InChI is InChI=1S/C26H24ClN3O3/c27-19-10-11-22-21(14-19)23(17-6-2-1-3-7-17)24(26(32)29-22)30-12-4-8-18(16-30)25(31)28-15-20-9-5-13-33-20/h1-3,5-7,9-11,13-14,18H,4,8,12,15-16H2,(H,28,31)(H,29,32)/t18-/m0/s1. The topological polar surface area (TPSA) is 78.3 Å². The molecular formula is C26H24ClN3O3. The zero-order chi connectivity index (χ0) is 22.8. The van der Waals surface area contributed by atoms with Crippen molar-refractivity contribution < 1.29 is 9.21 Å². The molecule has 3 heterocycles. The average molecular weight is 462 g/mol. The fraction of sp³-hybridized carbons (Fsp3) is 0.231. The molecule has 0 unspecified atom stereocenters. The summed E-state index contributed by atoms with van der Waals surface area (Å²) < 4.78 is 5.31. The third-order valence-corrected chi connectivity index (χ3v) is 6.37. The van der Waals surface area contributed by atoms with Gasteiger partial charge in [0.05, 0.1) is 18.7 Å². The number of fused-ring (bicyclic) bond motifs is 1. The van der Waals surface area contributed by atoms with Crippen LogP contribution in [0.25, 0.3) is 22.0 Å². The Morgan fingerprint density at radius 3 is 2.79 bits per heavy atom. The molecule has 6 nitrogen and oxygen atoms in total. The maximum Gasteiger partial charge on any atom is 0.272 e. The highest BCUT2D eigenvalue weighted by atomic mass is 35.5. The van der Waals surface area contributed by atoms with Gasteiger partial charge in [-0.1, -0.05) is 41.9 Å². The van der Waals surface area contributed by atoms with E-state index in [9.17, 15) is 9.59 Å². The van der Waals surface area contributed by atoms with Gasteiger partial charge in [0.2, 0.25) is 5.91 Å². The molecule has 1 saturated heterocycles. The molecule has 1 aliphatic rings. The van der Waals surface area contributed by atoms with Crippen molar-refractivity contribution in [3.05, 3.63) is 88.1 Å². The summed E-state index contributed by atoms with van der Waals surface area (Å²) in [6.07, 6.45) is 3.19. The second-order valence-electron chi connectivity index (χ2n) is 8.32. The molecule has 2 aromatic heterocycles. The summed E-state index contributed by atoms with van der Waals surface area (Å²) >= 11 is 6.33. The number of pyridine rings is 1. The summed E-state index contributed by atoms with van der Waals surface area (Å²) in [6, 6.07) is 19.0. The van der Waals surface area contributed by atoms with E-state index in [-0.39, 0.29) is 17.4 Å². The molecular weight excluding hydrogens is 438 g/mol. The van der Waals surface area contributed by atoms with Gasteiger partial charge < -0.3 is 19.6 Å². The Balaban J connectivity index is 1.51. The first-order valence-electron chi connectivity index (χ1n) is 11.1. The normalized spacial score (nSPS) is 16.2. The van der Waals surface area contributed by atoms with E-state index in [4.69, 9.17) is 16.0 Å². The van der Waals surface area contributed by atoms with Gasteiger partial charge >= 0.3 is 0 Å². The lowest BCUT2D eigenvalue weighted by molar-refractivity contribution is -0.125. The van der Waals surface area contributed by atoms with Gasteiger partial charge in [-0.25, -0.2) is 0 Å². The molecule has 4 aromatic rings. The van der Waals surface area contributed by atoms with Crippen molar-refractivity contribution in [3.63, 3.8) is 0 Å². The van der Waals surface area contributed by atoms with E-state index >= 15 is 0 Å². The minimum atomic E-state index is -0.216. The van der Waals surface area contributed by atoms with Gasteiger partial charge in [-0.15, -0.1) is 0 Å². The van der Waals surface area contributed by atoms with Gasteiger partial charge in [-0.05, 0) is 48.7 Å². The van der Waals surface area contributed by atoms with Gasteiger partial charge in [0.1, 0.15) is 11.4 Å². The van der Waals surface area contributed by atoms with Crippen molar-refractivity contribution in [2.75, 3.05) is 18.0 Å². The molecule has 1 fully saturated rings. The molecule has 2 N–H and O–H groups in total. The van der Waals surface area contributed by atoms with E-state index in [0.717, 1.165) is 34.9 Å². The van der Waals surface area contributed by atoms with Gasteiger partial charge in [-0.3, -0.25) is 9.59 Å². The first kappa shape index (κ1) is 21.3. The van der Waals surface area contributed by atoms with Crippen LogP contribution < -0.4 is 15.8 Å². The second kappa shape index (κ2) is 9.16. The van der Waals surface area contributed by atoms with Crippen molar-refractivity contribution in [1.29, 1.82) is 0 Å². The Morgan fingerprint density at radius 2 is 2.00 bits per heavy atom. The lowest BCUT2D eigenvalue weighted by Gasteiger charge is -2.34. The number of hydrogen-bond donors (Lipinski definition) is 2. The molecule has 0 bridgehead atoms. The number of carbonyl (C=O) groups excluding carboxylic acids is 1. The molecule has 0 aliphatic carbocycles. The third kappa shape index (κ3) is 4.39. The van der Waals surface area contributed by atoms with Crippen molar-refractivity contribution >= 4 is 34.1 Å². The van der Waals surface area contributed by atoms with Crippen LogP contribution in [0, 0.1) is 5.92 Å². The molecule has 7 heteroatoms. The van der Waals surface area contributed by atoms with E-state index in [2.05, 4.69) is 10.3 Å². The fourth-order valence-corrected chi connectivity index (χ4v) is 4.75. The Bertz CT molecular complexity index is 1330. The molecule has 0 saturated carbocycles. The van der Waals surface area contributed by atoms with Crippen LogP contribution in [0.2, 0.25) is 5.02 Å². The zero-order valence-corrected chi connectivity index (χ0v) is 18.8. The Hall–Kier alpha value is -3.51. The molecule has 1 aliphatic heterocycles. The summed E-state index contributed by atoms with van der Waals surface area (Å²) in [6.45, 7) is 1.53. The molecule has 33 heavy (non-hydrogen) atoms. The zero-order valence-electron chi connectivity index (χ0n) is 18.0. The largest absolute Gasteiger partial charge is 0.467 e. The molecule has 0 radical (unpaired) electrons. The first-order chi connectivity index (χ1) is 16.1. The van der Waals surface area contributed by atoms with E-state index in [1.807, 2.05) is 53.4 Å². The van der Waals surface area contributed by atoms with Crippen LogP contribution in [0.3, 0.4) is 0 Å². The number of nitrogens with one attached hydrogen (secondary N) is 2. The summed E-state index contributed by atoms with van der Waals surface area (Å²) in [7, 11) is 0. The maximum absolute atomic E-state index is 13.3. The Morgan fingerprint density at radius 1 is 1.15 bits per heavy atom. The monoisotopic (exact) mass is 461 g/mol. The fourth-order valence-electron chi connectivity index (χ4n) is 4.58. The molecule has 1 amide bonds. The molecule has 2 aromatic carbocycles. The quantitative estimate of drug-likeness (QED) is 0.439. The molecule has 1 atom stereocenters. The number of furan rings is 1. The predicted octanol–water partition coefficient (Wildman–Crippen LogP) is 4.97. The smallest absolute Gasteiger partial charge is 0.272 e. The number of amides is 1. The Kier molecular flexibility index (Phi) is 5.92. The molecule has 0 spiro atoms. The first-order valence-corrected chi connectivity index (χ1v) is 11.4. The van der Waals surface area contributed by atoms with Crippen molar-refractivity contribution in [2.45, 2.75) is 19.4 Å². The van der Waals surface area contributed by atoms with Crippen LogP contribution >= 0.6 is 11.6 Å². The van der Waals surface area contributed by atoms with E-state index in [1.165, 1.54) is 0 Å². The van der Waals surface area contributed by atoms with Crippen LogP contribution in [-0.2, 0) is 11.3 Å². The predicted molar refractivity (Wildman–Crippen MR) is 131 cm³/mol. The highest BCUT2D eigenvalue weighted by Gasteiger charge is 2.29. The molecule has 168 valence electrons. The summed E-state index contributed by atoms with van der Waals surface area (Å²) in [5.41, 5.74) is 2.93. The summed E-state index contributed by atoms with van der Waals surface area (Å²) in [5.74, 6) is 0.467. The number of nitrogens with zero attached hydrogens (tertiary/aromatic N) is 1. The van der Waals surface area contributed by atoms with Crippen LogP contribution in [0.5, 0.6) is 0 Å². The minimum Gasteiger partial charge on any atom is -0.467 e. The van der Waals surface area contributed by atoms with E-state index in [1.54, 1.807) is 18.4 Å². The number of rotatable bonds is 5. The number of carbonyl (C=O) groups is 1. The summed E-state index contributed by atoms with van der Waals surface area (Å²) in [4.78, 5) is 31.3. The minimum absolute atomic E-state index is 0.0300. The van der Waals surface area contributed by atoms with Gasteiger partial charge in [-0.2, -0.15) is 0 Å². The van der Waals surface area contributed by atoms with Crippen molar-refractivity contribution in [2.24, 2.45) is 5.92 Å². The average Bonchev–Trinajstić information content (AvgIpc) is 3.36. The SMILES string of the molecule is O=C(NCc1ccco1)[C@H]1CCCN(c2c(-c3ccccc3)c3cc(Cl)ccc3[nH]c2=O)C1. The number of benzene rings is 2. The van der Waals surface area contributed by atoms with Crippen LogP contribution in [0.15, 0.2) is 76.1 Å². The maximum atomic E-state index is 13.3. The van der Waals surface area contributed by atoms with E-state index < -0.39 is 0 Å².